The largest absolute Gasteiger partial charge is 0.488 e. The predicted molar refractivity (Wildman–Crippen MR) is 305 cm³/mol. The number of aryl methyl sites for hydroxylation is 2. The van der Waals surface area contributed by atoms with Crippen LogP contribution < -0.4 is 15.3 Å². The third kappa shape index (κ3) is 13.7. The Hall–Kier alpha value is -7.80. The summed E-state index contributed by atoms with van der Waals surface area (Å²) in [7, 11) is 5.10. The second-order valence-electron chi connectivity index (χ2n) is 19.3. The molecule has 0 bridgehead atoms. The summed E-state index contributed by atoms with van der Waals surface area (Å²) in [5, 5.41) is 20.1. The average Bonchev–Trinajstić information content (AvgIpc) is 4.05. The van der Waals surface area contributed by atoms with Crippen molar-refractivity contribution >= 4 is 85.7 Å². The number of nitrogens with zero attached hydrogens (tertiary/aromatic N) is 6. The maximum atomic E-state index is 15.0. The molecule has 2 fully saturated rings. The number of anilines is 2. The Balaban J connectivity index is 0.000000171. The molecule has 0 aliphatic carbocycles. The minimum absolute atomic E-state index is 0.0535. The fourth-order valence-corrected chi connectivity index (χ4v) is 9.87. The van der Waals surface area contributed by atoms with Crippen LogP contribution in [0.2, 0.25) is 0 Å². The number of halogens is 3. The number of piperidine rings is 2. The zero-order valence-electron chi connectivity index (χ0n) is 44.1. The van der Waals surface area contributed by atoms with E-state index in [0.29, 0.717) is 54.1 Å². The van der Waals surface area contributed by atoms with Crippen molar-refractivity contribution in [3.63, 3.8) is 0 Å². The van der Waals surface area contributed by atoms with E-state index >= 15 is 0 Å². The number of benzene rings is 6. The van der Waals surface area contributed by atoms with Gasteiger partial charge in [0, 0.05) is 96.1 Å². The highest BCUT2D eigenvalue weighted by Crippen LogP contribution is 2.30. The second kappa shape index (κ2) is 26.0. The Bertz CT molecular complexity index is 3390. The molecule has 4 amide bonds. The van der Waals surface area contributed by atoms with E-state index in [9.17, 15) is 28.0 Å². The van der Waals surface area contributed by atoms with E-state index in [1.165, 1.54) is 37.9 Å². The number of fused-ring (bicyclic) bond motifs is 2. The van der Waals surface area contributed by atoms with Crippen LogP contribution in [0.15, 0.2) is 150 Å². The molecule has 10 rings (SSSR count). The van der Waals surface area contributed by atoms with Gasteiger partial charge in [-0.25, -0.2) is 28.0 Å². The normalized spacial score (nSPS) is 13.2. The Morgan fingerprint density at radius 1 is 0.538 bits per heavy atom. The Labute approximate surface area is 461 Å². The number of carbonyl (C=O) groups is 4. The molecule has 0 saturated carbocycles. The van der Waals surface area contributed by atoms with Crippen LogP contribution in [0.5, 0.6) is 0 Å². The molecule has 0 radical (unpaired) electrons. The Kier molecular flexibility index (Phi) is 18.8. The van der Waals surface area contributed by atoms with Gasteiger partial charge in [-0.3, -0.25) is 9.80 Å². The van der Waals surface area contributed by atoms with Gasteiger partial charge in [0.2, 0.25) is 0 Å². The number of rotatable bonds is 10. The van der Waals surface area contributed by atoms with Gasteiger partial charge in [0.1, 0.15) is 11.6 Å². The van der Waals surface area contributed by atoms with Crippen LogP contribution in [-0.2, 0) is 36.7 Å². The van der Waals surface area contributed by atoms with E-state index in [1.807, 2.05) is 102 Å². The van der Waals surface area contributed by atoms with E-state index in [2.05, 4.69) is 49.5 Å². The Morgan fingerprint density at radius 2 is 0.962 bits per heavy atom. The number of likely N-dealkylation sites (tertiary alicyclic amines) is 2. The van der Waals surface area contributed by atoms with E-state index in [1.54, 1.807) is 28.0 Å². The first kappa shape index (κ1) is 56.4. The van der Waals surface area contributed by atoms with Crippen molar-refractivity contribution < 1.29 is 47.5 Å². The molecular formula is C60H62BBrF2N6O8. The van der Waals surface area contributed by atoms with Gasteiger partial charge in [0.25, 0.3) is 0 Å². The molecule has 0 unspecified atom stereocenters. The third-order valence-corrected chi connectivity index (χ3v) is 14.6. The zero-order valence-corrected chi connectivity index (χ0v) is 45.7. The number of methoxy groups -OCH3 is 2. The lowest BCUT2D eigenvalue weighted by Crippen LogP contribution is -2.45. The number of carbonyl (C=O) groups excluding carboxylic acids is 4. The van der Waals surface area contributed by atoms with Gasteiger partial charge >= 0.3 is 31.1 Å². The molecule has 8 aromatic rings. The fourth-order valence-electron chi connectivity index (χ4n) is 9.61. The maximum absolute atomic E-state index is 15.0. The van der Waals surface area contributed by atoms with Gasteiger partial charge in [-0.1, -0.05) is 58.4 Å². The van der Waals surface area contributed by atoms with Crippen molar-refractivity contribution in [2.24, 2.45) is 14.1 Å². The van der Waals surface area contributed by atoms with Gasteiger partial charge in [-0.15, -0.1) is 0 Å². The van der Waals surface area contributed by atoms with Crippen LogP contribution in [0, 0.1) is 11.6 Å². The van der Waals surface area contributed by atoms with Crippen molar-refractivity contribution in [1.82, 2.24) is 18.9 Å². The van der Waals surface area contributed by atoms with Gasteiger partial charge in [-0.05, 0) is 151 Å². The number of hydrogen-bond donors (Lipinski definition) is 2. The van der Waals surface area contributed by atoms with E-state index in [-0.39, 0.29) is 36.3 Å². The van der Waals surface area contributed by atoms with Crippen LogP contribution >= 0.6 is 15.9 Å². The fraction of sp³-hybridized carbons (Fsp3) is 0.267. The average molecular weight is 1120 g/mol. The first-order valence-electron chi connectivity index (χ1n) is 25.8. The molecule has 78 heavy (non-hydrogen) atoms. The molecule has 14 nitrogen and oxygen atoms in total. The molecule has 2 aliphatic heterocycles. The van der Waals surface area contributed by atoms with E-state index < -0.39 is 30.7 Å². The SMILES string of the molecule is COC(=O)c1ccc(CN(C(=O)N2CCCCC2)c2ccc(-c3ccc4c(ccn4C)c3)cc2)c(F)c1.COC(=O)c1ccc(CN(C(=O)N2CCCCC2)c2ccc(Br)cc2)c(F)c1.Cn1ccc2cc(B(O)O)ccc21. The molecule has 0 spiro atoms. The molecule has 2 aliphatic rings. The molecule has 6 aromatic carbocycles. The van der Waals surface area contributed by atoms with E-state index in [0.717, 1.165) is 82.5 Å². The summed E-state index contributed by atoms with van der Waals surface area (Å²) < 4.78 is 43.9. The topological polar surface area (TPSA) is 150 Å². The summed E-state index contributed by atoms with van der Waals surface area (Å²) in [5.41, 5.74) is 7.22. The number of urea groups is 2. The Morgan fingerprint density at radius 3 is 1.40 bits per heavy atom. The summed E-state index contributed by atoms with van der Waals surface area (Å²) in [4.78, 5) is 57.0. The van der Waals surface area contributed by atoms with Crippen molar-refractivity contribution in [2.45, 2.75) is 51.6 Å². The number of esters is 2. The summed E-state index contributed by atoms with van der Waals surface area (Å²) >= 11 is 3.40. The highest BCUT2D eigenvalue weighted by molar-refractivity contribution is 9.10. The summed E-state index contributed by atoms with van der Waals surface area (Å²) in [5.74, 6) is -2.29. The lowest BCUT2D eigenvalue weighted by Gasteiger charge is -2.33. The molecule has 18 heteroatoms. The van der Waals surface area contributed by atoms with Crippen molar-refractivity contribution in [3.8, 4) is 11.1 Å². The molecule has 0 atom stereocenters. The van der Waals surface area contributed by atoms with Crippen LogP contribution in [0.3, 0.4) is 0 Å². The highest BCUT2D eigenvalue weighted by atomic mass is 79.9. The van der Waals surface area contributed by atoms with Gasteiger partial charge < -0.3 is 38.5 Å². The molecule has 2 N–H and O–H groups in total. The minimum atomic E-state index is -1.38. The lowest BCUT2D eigenvalue weighted by molar-refractivity contribution is 0.0591. The number of hydrogen-bond acceptors (Lipinski definition) is 8. The molecule has 4 heterocycles. The first-order valence-corrected chi connectivity index (χ1v) is 26.6. The first-order chi connectivity index (χ1) is 37.6. The highest BCUT2D eigenvalue weighted by Gasteiger charge is 2.27. The van der Waals surface area contributed by atoms with Crippen molar-refractivity contribution in [2.75, 3.05) is 50.2 Å². The molecular weight excluding hydrogens is 1060 g/mol. The van der Waals surface area contributed by atoms with Gasteiger partial charge in [0.05, 0.1) is 38.4 Å². The zero-order chi connectivity index (χ0) is 55.5. The van der Waals surface area contributed by atoms with Crippen LogP contribution in [0.4, 0.5) is 29.7 Å². The van der Waals surface area contributed by atoms with Crippen LogP contribution in [0.25, 0.3) is 32.9 Å². The predicted octanol–water partition coefficient (Wildman–Crippen LogP) is 11.2. The van der Waals surface area contributed by atoms with E-state index in [4.69, 9.17) is 14.8 Å². The van der Waals surface area contributed by atoms with Crippen molar-refractivity contribution in [3.05, 3.63) is 184 Å². The lowest BCUT2D eigenvalue weighted by atomic mass is 9.80. The van der Waals surface area contributed by atoms with Crippen LogP contribution in [0.1, 0.15) is 70.4 Å². The summed E-state index contributed by atoms with van der Waals surface area (Å²) in [6.07, 6.45) is 10.1. The number of amides is 4. The van der Waals surface area contributed by atoms with Gasteiger partial charge in [-0.2, -0.15) is 0 Å². The maximum Gasteiger partial charge on any atom is 0.488 e. The quantitative estimate of drug-likeness (QED) is 0.102. The smallest absolute Gasteiger partial charge is 0.465 e. The van der Waals surface area contributed by atoms with Crippen molar-refractivity contribution in [1.29, 1.82) is 0 Å². The number of aromatic nitrogens is 2. The van der Waals surface area contributed by atoms with Gasteiger partial charge in [0.15, 0.2) is 0 Å². The monoisotopic (exact) mass is 1120 g/mol. The standard InChI is InChI=1S/C30H30FN3O3.C21H22BrFN2O3.C9H10BNO2/c1-32-17-14-23-18-22(10-13-28(23)32)21-8-11-26(12-9-21)34(30(36)33-15-4-3-5-16-33)20-25-7-6-24(19-27(25)31)29(35)37-2;1-28-20(26)15-5-6-16(19(23)13-15)14-25(18-9-7-17(22)8-10-18)21(27)24-11-3-2-4-12-24;1-11-5-4-7-6-8(10(12)13)2-3-9(7)11/h6-14,17-19H,3-5,15-16,20H2,1-2H3;5-10,13H,2-4,11-12,14H2,1H3;2-6,12-13H,1H3. The molecule has 404 valence electrons. The minimum Gasteiger partial charge on any atom is -0.465 e. The molecule has 2 saturated heterocycles. The summed E-state index contributed by atoms with van der Waals surface area (Å²) in [6.45, 7) is 2.91. The van der Waals surface area contributed by atoms with Crippen LogP contribution in [-0.4, -0.2) is 100 Å². The number of ether oxygens (including phenoxy) is 2. The summed E-state index contributed by atoms with van der Waals surface area (Å²) in [6, 6.07) is 39.0. The third-order valence-electron chi connectivity index (χ3n) is 14.1. The second-order valence-corrected chi connectivity index (χ2v) is 20.2. The molecule has 2 aromatic heterocycles.